The lowest BCUT2D eigenvalue weighted by molar-refractivity contribution is -0.0436. The maximum atomic E-state index is 13.1. The molecule has 0 saturated heterocycles. The fraction of sp³-hybridized carbons (Fsp3) is 0.0526. The van der Waals surface area contributed by atoms with Gasteiger partial charge in [0.05, 0.1) is 15.5 Å². The molecule has 12 heteroatoms. The standard InChI is InChI=1S/C19H13F4NO5S2/c20-13-6-8-14(9-7-13)29-18-12-16(30(25,26)19(21,22)23)10-11-17(18)24-31(27,28)15-4-2-1-3-5-15/h1-12,24H. The molecule has 0 fully saturated rings. The van der Waals surface area contributed by atoms with Crippen molar-refractivity contribution >= 4 is 25.5 Å². The Labute approximate surface area is 175 Å². The minimum absolute atomic E-state index is 0.0666. The summed E-state index contributed by atoms with van der Waals surface area (Å²) in [6.45, 7) is 0. The molecule has 3 aromatic rings. The summed E-state index contributed by atoms with van der Waals surface area (Å²) in [6.07, 6.45) is 0. The van der Waals surface area contributed by atoms with Gasteiger partial charge in [-0.15, -0.1) is 0 Å². The lowest BCUT2D eigenvalue weighted by atomic mass is 10.3. The SMILES string of the molecule is O=S(=O)(Nc1ccc(S(=O)(=O)C(F)(F)F)cc1Oc1ccc(F)cc1)c1ccccc1. The maximum Gasteiger partial charge on any atom is 0.501 e. The van der Waals surface area contributed by atoms with E-state index in [4.69, 9.17) is 4.74 Å². The van der Waals surface area contributed by atoms with Crippen molar-refractivity contribution in [2.75, 3.05) is 4.72 Å². The van der Waals surface area contributed by atoms with E-state index in [0.29, 0.717) is 12.1 Å². The van der Waals surface area contributed by atoms with Gasteiger partial charge < -0.3 is 4.74 Å². The lowest BCUT2D eigenvalue weighted by Gasteiger charge is -2.16. The summed E-state index contributed by atoms with van der Waals surface area (Å²) in [7, 11) is -9.90. The molecule has 0 aliphatic rings. The van der Waals surface area contributed by atoms with Crippen LogP contribution >= 0.6 is 0 Å². The molecule has 0 amide bonds. The summed E-state index contributed by atoms with van der Waals surface area (Å²) in [5.74, 6) is -1.22. The van der Waals surface area contributed by atoms with Crippen molar-refractivity contribution in [1.29, 1.82) is 0 Å². The van der Waals surface area contributed by atoms with Gasteiger partial charge in [-0.2, -0.15) is 13.2 Å². The molecular formula is C19H13F4NO5S2. The third-order valence-electron chi connectivity index (χ3n) is 3.91. The number of hydrogen-bond donors (Lipinski definition) is 1. The Hall–Kier alpha value is -3.12. The molecule has 0 heterocycles. The number of sulfonamides is 1. The van der Waals surface area contributed by atoms with Crippen LogP contribution in [-0.4, -0.2) is 22.3 Å². The second kappa shape index (κ2) is 8.19. The topological polar surface area (TPSA) is 89.5 Å². The van der Waals surface area contributed by atoms with Crippen LogP contribution in [0.2, 0.25) is 0 Å². The van der Waals surface area contributed by atoms with Crippen LogP contribution < -0.4 is 9.46 Å². The van der Waals surface area contributed by atoms with Crippen molar-refractivity contribution in [3.63, 3.8) is 0 Å². The first-order chi connectivity index (χ1) is 14.4. The van der Waals surface area contributed by atoms with Gasteiger partial charge in [-0.3, -0.25) is 4.72 Å². The van der Waals surface area contributed by atoms with Crippen molar-refractivity contribution < 1.29 is 39.1 Å². The van der Waals surface area contributed by atoms with Crippen LogP contribution in [0.25, 0.3) is 0 Å². The summed E-state index contributed by atoms with van der Waals surface area (Å²) >= 11 is 0. The van der Waals surface area contributed by atoms with Crippen molar-refractivity contribution in [3.8, 4) is 11.5 Å². The fourth-order valence-electron chi connectivity index (χ4n) is 2.41. The number of alkyl halides is 3. The van der Waals surface area contributed by atoms with Gasteiger partial charge >= 0.3 is 5.51 Å². The van der Waals surface area contributed by atoms with Gasteiger partial charge in [0.1, 0.15) is 11.6 Å². The third-order valence-corrected chi connectivity index (χ3v) is 6.77. The fourth-order valence-corrected chi connectivity index (χ4v) is 4.27. The van der Waals surface area contributed by atoms with E-state index in [-0.39, 0.29) is 16.3 Å². The maximum absolute atomic E-state index is 13.1. The Bertz CT molecular complexity index is 1290. The van der Waals surface area contributed by atoms with E-state index >= 15 is 0 Å². The summed E-state index contributed by atoms with van der Waals surface area (Å²) in [5.41, 5.74) is -5.90. The highest BCUT2D eigenvalue weighted by atomic mass is 32.2. The van der Waals surface area contributed by atoms with Crippen LogP contribution in [0.1, 0.15) is 0 Å². The molecule has 0 aromatic heterocycles. The molecule has 31 heavy (non-hydrogen) atoms. The number of nitrogens with one attached hydrogen (secondary N) is 1. The number of anilines is 1. The zero-order valence-electron chi connectivity index (χ0n) is 15.3. The van der Waals surface area contributed by atoms with Crippen LogP contribution in [0.15, 0.2) is 82.6 Å². The van der Waals surface area contributed by atoms with Crippen LogP contribution in [0.3, 0.4) is 0 Å². The lowest BCUT2D eigenvalue weighted by Crippen LogP contribution is -2.23. The molecule has 3 rings (SSSR count). The highest BCUT2D eigenvalue weighted by Gasteiger charge is 2.47. The molecule has 164 valence electrons. The predicted octanol–water partition coefficient (Wildman–Crippen LogP) is 4.71. The van der Waals surface area contributed by atoms with Crippen molar-refractivity contribution in [2.45, 2.75) is 15.3 Å². The highest BCUT2D eigenvalue weighted by Crippen LogP contribution is 2.37. The average Bonchev–Trinajstić information content (AvgIpc) is 2.70. The Kier molecular flexibility index (Phi) is 5.96. The zero-order chi connectivity index (χ0) is 22.9. The van der Waals surface area contributed by atoms with E-state index < -0.39 is 41.8 Å². The van der Waals surface area contributed by atoms with Crippen molar-refractivity contribution in [2.24, 2.45) is 0 Å². The number of benzene rings is 3. The molecule has 6 nitrogen and oxygen atoms in total. The largest absolute Gasteiger partial charge is 0.501 e. The first-order valence-electron chi connectivity index (χ1n) is 8.37. The van der Waals surface area contributed by atoms with Crippen molar-refractivity contribution in [1.82, 2.24) is 0 Å². The molecule has 0 aliphatic heterocycles. The second-order valence-corrected chi connectivity index (χ2v) is 9.71. The molecule has 0 atom stereocenters. The number of rotatable bonds is 6. The molecule has 0 spiro atoms. The van der Waals surface area contributed by atoms with Crippen LogP contribution in [0.4, 0.5) is 23.2 Å². The molecule has 0 aliphatic carbocycles. The Balaban J connectivity index is 2.08. The van der Waals surface area contributed by atoms with Gasteiger partial charge in [-0.1, -0.05) is 18.2 Å². The van der Waals surface area contributed by atoms with Gasteiger partial charge in [-0.05, 0) is 48.5 Å². The van der Waals surface area contributed by atoms with E-state index in [1.54, 1.807) is 6.07 Å². The van der Waals surface area contributed by atoms with Gasteiger partial charge in [0.15, 0.2) is 5.75 Å². The smallest absolute Gasteiger partial charge is 0.455 e. The number of halogens is 4. The Morgan fingerprint density at radius 2 is 1.39 bits per heavy atom. The van der Waals surface area contributed by atoms with Gasteiger partial charge in [0.25, 0.3) is 19.9 Å². The first-order valence-corrected chi connectivity index (χ1v) is 11.3. The summed E-state index contributed by atoms with van der Waals surface area (Å²) in [4.78, 5) is -1.30. The second-order valence-electron chi connectivity index (χ2n) is 6.08. The van der Waals surface area contributed by atoms with Gasteiger partial charge in [-0.25, -0.2) is 21.2 Å². The summed E-state index contributed by atoms with van der Waals surface area (Å²) < 4.78 is 108. The first kappa shape index (κ1) is 22.6. The summed E-state index contributed by atoms with van der Waals surface area (Å²) in [5, 5.41) is 0. The molecule has 0 unspecified atom stereocenters. The van der Waals surface area contributed by atoms with Gasteiger partial charge in [0, 0.05) is 6.07 Å². The van der Waals surface area contributed by atoms with Crippen molar-refractivity contribution in [3.05, 3.63) is 78.6 Å². The van der Waals surface area contributed by atoms with E-state index in [1.807, 2.05) is 0 Å². The third kappa shape index (κ3) is 4.97. The molecule has 1 N–H and O–H groups in total. The Morgan fingerprint density at radius 3 is 1.97 bits per heavy atom. The Morgan fingerprint density at radius 1 is 0.774 bits per heavy atom. The van der Waals surface area contributed by atoms with E-state index in [2.05, 4.69) is 4.72 Å². The molecule has 0 saturated carbocycles. The van der Waals surface area contributed by atoms with Crippen LogP contribution in [0, 0.1) is 5.82 Å². The van der Waals surface area contributed by atoms with E-state index in [1.165, 1.54) is 24.3 Å². The minimum Gasteiger partial charge on any atom is -0.455 e. The highest BCUT2D eigenvalue weighted by molar-refractivity contribution is 7.93. The molecule has 0 bridgehead atoms. The summed E-state index contributed by atoms with van der Waals surface area (Å²) in [6, 6.07) is 13.3. The number of ether oxygens (including phenoxy) is 1. The average molecular weight is 475 g/mol. The van der Waals surface area contributed by atoms with Gasteiger partial charge in [0.2, 0.25) is 0 Å². The monoisotopic (exact) mass is 475 g/mol. The van der Waals surface area contributed by atoms with E-state index in [0.717, 1.165) is 30.3 Å². The van der Waals surface area contributed by atoms with Crippen LogP contribution in [-0.2, 0) is 19.9 Å². The predicted molar refractivity (Wildman–Crippen MR) is 103 cm³/mol. The number of sulfone groups is 1. The van der Waals surface area contributed by atoms with Crippen LogP contribution in [0.5, 0.6) is 11.5 Å². The van der Waals surface area contributed by atoms with E-state index in [9.17, 15) is 34.4 Å². The zero-order valence-corrected chi connectivity index (χ0v) is 16.9. The molecular weight excluding hydrogens is 462 g/mol. The molecule has 3 aromatic carbocycles. The molecule has 0 radical (unpaired) electrons. The number of hydrogen-bond acceptors (Lipinski definition) is 5. The quantitative estimate of drug-likeness (QED) is 0.522. The normalized spacial score (nSPS) is 12.4. The minimum atomic E-state index is -5.73.